The van der Waals surface area contributed by atoms with Gasteiger partial charge in [-0.1, -0.05) is 17.2 Å². The zero-order chi connectivity index (χ0) is 28.2. The minimum atomic E-state index is -5.36. The molecule has 1 aliphatic heterocycles. The van der Waals surface area contributed by atoms with Gasteiger partial charge >= 0.3 is 13.4 Å². The third kappa shape index (κ3) is 6.86. The summed E-state index contributed by atoms with van der Waals surface area (Å²) in [5.74, 6) is -1.32. The van der Waals surface area contributed by atoms with Gasteiger partial charge in [0.15, 0.2) is 0 Å². The maximum Gasteiger partial charge on any atom is 0.456 e. The Balaban J connectivity index is 1.73. The number of nitrogens with two attached hydrogens (primary N) is 1. The number of rotatable bonds is 10. The molecule has 0 aliphatic carbocycles. The van der Waals surface area contributed by atoms with Gasteiger partial charge in [-0.3, -0.25) is 24.0 Å². The van der Waals surface area contributed by atoms with E-state index >= 15 is 0 Å². The number of hydrogen-bond donors (Lipinski definition) is 6. The summed E-state index contributed by atoms with van der Waals surface area (Å²) in [4.78, 5) is 65.3. The van der Waals surface area contributed by atoms with Crippen LogP contribution in [0.3, 0.4) is 0 Å². The second-order valence-electron chi connectivity index (χ2n) is 8.51. The molecular weight excluding hydrogens is 529 g/mol. The molecule has 1 aliphatic rings. The molecule has 5 atom stereocenters. The summed E-state index contributed by atoms with van der Waals surface area (Å²) in [5, 5.41) is 23.6. The van der Waals surface area contributed by atoms with Gasteiger partial charge in [0.25, 0.3) is 11.5 Å². The Hall–Kier alpha value is -3.53. The lowest BCUT2D eigenvalue weighted by atomic mass is 10.1. The summed E-state index contributed by atoms with van der Waals surface area (Å²) in [6, 6.07) is 3.12. The number of aromatic nitrogens is 2. The van der Waals surface area contributed by atoms with Crippen molar-refractivity contribution in [3.8, 4) is 5.75 Å². The molecule has 206 valence electrons. The molecule has 2 aromatic rings. The van der Waals surface area contributed by atoms with E-state index in [1.54, 1.807) is 0 Å². The summed E-state index contributed by atoms with van der Waals surface area (Å²) >= 11 is 0. The van der Waals surface area contributed by atoms with Gasteiger partial charge < -0.3 is 30.5 Å². The van der Waals surface area contributed by atoms with E-state index in [0.717, 1.165) is 4.57 Å². The largest absolute Gasteiger partial charge is 0.508 e. The molecular formula is C20H26N7O10P. The first-order valence-electron chi connectivity index (χ1n) is 11.1. The van der Waals surface area contributed by atoms with Crippen molar-refractivity contribution in [3.05, 3.63) is 72.9 Å². The van der Waals surface area contributed by atoms with Crippen molar-refractivity contribution in [1.29, 1.82) is 0 Å². The van der Waals surface area contributed by atoms with Crippen LogP contribution in [0.4, 0.5) is 0 Å². The van der Waals surface area contributed by atoms with Crippen molar-refractivity contribution >= 4 is 13.7 Å². The second-order valence-corrected chi connectivity index (χ2v) is 9.90. The molecule has 1 fully saturated rings. The number of H-pyrrole nitrogens is 1. The number of nitrogens with one attached hydrogen (secondary N) is 1. The minimum absolute atomic E-state index is 0.0289. The fraction of sp³-hybridized carbons (Fsp3) is 0.450. The third-order valence-electron chi connectivity index (χ3n) is 5.67. The summed E-state index contributed by atoms with van der Waals surface area (Å²) in [6.07, 6.45) is -3.07. The number of aliphatic hydroxyl groups excluding tert-OH is 1. The number of aromatic hydroxyl groups is 1. The minimum Gasteiger partial charge on any atom is -0.508 e. The Morgan fingerprint density at radius 1 is 1.39 bits per heavy atom. The molecule has 1 saturated heterocycles. The molecule has 0 saturated carbocycles. The van der Waals surface area contributed by atoms with Crippen molar-refractivity contribution in [1.82, 2.24) is 14.4 Å². The normalized spacial score (nSPS) is 20.9. The number of hydroxylamine groups is 1. The van der Waals surface area contributed by atoms with Crippen molar-refractivity contribution < 1.29 is 38.9 Å². The second kappa shape index (κ2) is 11.9. The van der Waals surface area contributed by atoms with Crippen LogP contribution in [0.2, 0.25) is 0 Å². The summed E-state index contributed by atoms with van der Waals surface area (Å²) in [5.41, 5.74) is 14.0. The van der Waals surface area contributed by atoms with E-state index in [4.69, 9.17) is 20.8 Å². The van der Waals surface area contributed by atoms with Gasteiger partial charge in [0.2, 0.25) is 0 Å². The Morgan fingerprint density at radius 3 is 2.66 bits per heavy atom. The number of carbonyl (C=O) groups is 1. The Kier molecular flexibility index (Phi) is 9.09. The van der Waals surface area contributed by atoms with Gasteiger partial charge in [0.1, 0.15) is 24.7 Å². The number of azide groups is 1. The number of carbonyl (C=O) groups excluding carboxylic acids is 1. The van der Waals surface area contributed by atoms with E-state index in [1.165, 1.54) is 37.4 Å². The molecule has 1 aromatic heterocycles. The van der Waals surface area contributed by atoms with E-state index < -0.39 is 62.0 Å². The van der Waals surface area contributed by atoms with Gasteiger partial charge in [0, 0.05) is 23.1 Å². The van der Waals surface area contributed by atoms with Crippen molar-refractivity contribution in [3.63, 3.8) is 0 Å². The molecule has 0 radical (unpaired) electrons. The third-order valence-corrected chi connectivity index (χ3v) is 6.46. The van der Waals surface area contributed by atoms with E-state index in [-0.39, 0.29) is 29.0 Å². The maximum atomic E-state index is 12.7. The van der Waals surface area contributed by atoms with Crippen molar-refractivity contribution in [2.24, 2.45) is 10.8 Å². The lowest BCUT2D eigenvalue weighted by Gasteiger charge is -2.28. The molecule has 0 spiro atoms. The number of aromatic amines is 1. The fourth-order valence-electron chi connectivity index (χ4n) is 3.80. The number of aryl methyl sites for hydroxylation is 1. The fourth-order valence-corrected chi connectivity index (χ4v) is 4.42. The first-order chi connectivity index (χ1) is 17.8. The molecule has 1 aromatic carbocycles. The quantitative estimate of drug-likeness (QED) is 0.0701. The van der Waals surface area contributed by atoms with Crippen LogP contribution in [0.15, 0.2) is 45.2 Å². The highest BCUT2D eigenvalue weighted by atomic mass is 31.2. The number of nitrogens with zero attached hydrogens (tertiary/aromatic N) is 5. The Bertz CT molecular complexity index is 1370. The zero-order valence-corrected chi connectivity index (χ0v) is 20.8. The molecule has 1 unspecified atom stereocenters. The molecule has 38 heavy (non-hydrogen) atoms. The molecule has 1 amide bonds. The average Bonchev–Trinajstić information content (AvgIpc) is 3.25. The van der Waals surface area contributed by atoms with E-state index in [1.807, 2.05) is 0 Å². The van der Waals surface area contributed by atoms with Gasteiger partial charge in [-0.2, -0.15) is 0 Å². The lowest BCUT2D eigenvalue weighted by Crippen LogP contribution is -2.45. The Labute approximate surface area is 213 Å². The van der Waals surface area contributed by atoms with Crippen LogP contribution in [0.1, 0.15) is 23.8 Å². The predicted octanol–water partition coefficient (Wildman–Crippen LogP) is -0.699. The topological polar surface area (TPSA) is 266 Å². The number of amides is 1. The summed E-state index contributed by atoms with van der Waals surface area (Å²) in [6.45, 7) is 0.562. The van der Waals surface area contributed by atoms with Crippen LogP contribution >= 0.6 is 7.75 Å². The lowest BCUT2D eigenvalue weighted by molar-refractivity contribution is -0.180. The maximum absolute atomic E-state index is 12.7. The Morgan fingerprint density at radius 2 is 2.05 bits per heavy atom. The average molecular weight is 555 g/mol. The smallest absolute Gasteiger partial charge is 0.456 e. The van der Waals surface area contributed by atoms with Crippen LogP contribution in [0.5, 0.6) is 5.75 Å². The monoisotopic (exact) mass is 555 g/mol. The number of aliphatic hydroxyl groups is 1. The van der Waals surface area contributed by atoms with Gasteiger partial charge in [-0.15, -0.1) is 4.83 Å². The van der Waals surface area contributed by atoms with Crippen LogP contribution in [0.25, 0.3) is 10.4 Å². The van der Waals surface area contributed by atoms with Gasteiger partial charge in [0.05, 0.1) is 18.2 Å². The van der Waals surface area contributed by atoms with Gasteiger partial charge in [-0.05, 0) is 36.6 Å². The van der Waals surface area contributed by atoms with Crippen LogP contribution in [-0.2, 0) is 25.4 Å². The predicted molar refractivity (Wildman–Crippen MR) is 128 cm³/mol. The SMILES string of the molecule is Cc1cn([C@H]2C[C@H](N=[N+]=[N-])[C@@H](C(O)CON(C(=O)[C@@H](N)Cc3ccc(O)cc3)P(=O)(O)O)O2)c(=O)[nH]c1=O. The molecule has 17 nitrogen and oxygen atoms in total. The number of phenolic OH excluding ortho intramolecular Hbond substituents is 1. The highest BCUT2D eigenvalue weighted by molar-refractivity contribution is 7.49. The molecule has 2 heterocycles. The number of benzene rings is 1. The van der Waals surface area contributed by atoms with Crippen LogP contribution in [-0.4, -0.2) is 71.2 Å². The van der Waals surface area contributed by atoms with Crippen molar-refractivity contribution in [2.75, 3.05) is 6.61 Å². The molecule has 18 heteroatoms. The van der Waals surface area contributed by atoms with Crippen LogP contribution < -0.4 is 17.0 Å². The molecule has 7 N–H and O–H groups in total. The van der Waals surface area contributed by atoms with Gasteiger partial charge in [-0.25, -0.2) is 9.36 Å². The first kappa shape index (κ1) is 29.0. The number of hydrogen-bond acceptors (Lipinski definition) is 10. The molecule has 0 bridgehead atoms. The summed E-state index contributed by atoms with van der Waals surface area (Å²) in [7, 11) is -5.36. The van der Waals surface area contributed by atoms with Crippen molar-refractivity contribution in [2.45, 2.75) is 50.3 Å². The zero-order valence-electron chi connectivity index (χ0n) is 19.9. The highest BCUT2D eigenvalue weighted by Crippen LogP contribution is 2.41. The summed E-state index contributed by atoms with van der Waals surface area (Å²) < 4.78 is 18.7. The highest BCUT2D eigenvalue weighted by Gasteiger charge is 2.42. The van der Waals surface area contributed by atoms with E-state index in [0.29, 0.717) is 5.56 Å². The number of ether oxygens (including phenoxy) is 1. The first-order valence-corrected chi connectivity index (χ1v) is 12.6. The standard InChI is InChI=1S/C20H26N7O10P/c1-10-8-26(20(32)23-18(10)30)16-7-14(24-25-22)17(37-16)15(29)9-36-27(38(33,34)35)19(31)13(21)6-11-2-4-12(28)5-3-11/h2-5,8,13-17,28-29H,6-7,9,21H2,1H3,(H,23,30,32)(H2,33,34,35)/t13-,14-,15?,16+,17-/m0/s1. The molecule has 3 rings (SSSR count). The van der Waals surface area contributed by atoms with E-state index in [9.17, 15) is 38.9 Å². The van der Waals surface area contributed by atoms with Crippen LogP contribution in [0, 0.1) is 6.92 Å². The number of phenols is 1. The van der Waals surface area contributed by atoms with E-state index in [2.05, 4.69) is 15.0 Å².